The van der Waals surface area contributed by atoms with Crippen molar-refractivity contribution >= 4 is 17.5 Å². The maximum atomic E-state index is 13.4. The number of aliphatic hydroxyl groups is 1. The van der Waals surface area contributed by atoms with Gasteiger partial charge in [0.2, 0.25) is 0 Å². The summed E-state index contributed by atoms with van der Waals surface area (Å²) in [7, 11) is 0. The Hall–Kier alpha value is -2.70. The lowest BCUT2D eigenvalue weighted by Gasteiger charge is -2.23. The van der Waals surface area contributed by atoms with Gasteiger partial charge >= 0.3 is 0 Å². The second kappa shape index (κ2) is 8.54. The Labute approximate surface area is 167 Å². The van der Waals surface area contributed by atoms with Crippen LogP contribution >= 0.6 is 11.6 Å². The van der Waals surface area contributed by atoms with Crippen molar-refractivity contribution in [2.24, 2.45) is 0 Å². The summed E-state index contributed by atoms with van der Waals surface area (Å²) in [5.41, 5.74) is 3.46. The first kappa shape index (κ1) is 20.0. The number of nitrogens with one attached hydrogen (secondary N) is 1. The van der Waals surface area contributed by atoms with E-state index in [0.717, 1.165) is 11.1 Å². The standard InChI is InChI=1S/C21H21ClFN3O2/c1-13-3-5-15(6-4-13)12-26(11-14(2)27)21(28)20-10-19(24-25-20)16-7-8-18(23)17(22)9-16/h3-10,14,27H,11-12H2,1-2H3,(H,24,25). The van der Waals surface area contributed by atoms with E-state index >= 15 is 0 Å². The molecular formula is C21H21ClFN3O2. The predicted octanol–water partition coefficient (Wildman–Crippen LogP) is 4.20. The summed E-state index contributed by atoms with van der Waals surface area (Å²) in [5, 5.41) is 16.7. The van der Waals surface area contributed by atoms with E-state index in [1.54, 1.807) is 24.0 Å². The Bertz CT molecular complexity index is 970. The molecule has 0 aliphatic rings. The van der Waals surface area contributed by atoms with Crippen LogP contribution in [0.25, 0.3) is 11.3 Å². The number of aliphatic hydroxyl groups excluding tert-OH is 1. The first-order chi connectivity index (χ1) is 13.3. The molecule has 28 heavy (non-hydrogen) atoms. The molecule has 1 unspecified atom stereocenters. The molecule has 1 atom stereocenters. The zero-order valence-electron chi connectivity index (χ0n) is 15.6. The summed E-state index contributed by atoms with van der Waals surface area (Å²) in [4.78, 5) is 14.5. The van der Waals surface area contributed by atoms with Gasteiger partial charge in [0.15, 0.2) is 0 Å². The van der Waals surface area contributed by atoms with Gasteiger partial charge in [0, 0.05) is 18.7 Å². The molecule has 0 radical (unpaired) electrons. The van der Waals surface area contributed by atoms with Crippen LogP contribution in [-0.2, 0) is 6.54 Å². The molecule has 0 saturated carbocycles. The molecule has 0 spiro atoms. The molecule has 1 amide bonds. The molecule has 0 saturated heterocycles. The average Bonchev–Trinajstić information content (AvgIpc) is 3.14. The van der Waals surface area contributed by atoms with Crippen LogP contribution in [0.5, 0.6) is 0 Å². The Balaban J connectivity index is 1.83. The van der Waals surface area contributed by atoms with Crippen molar-refractivity contribution in [3.8, 4) is 11.3 Å². The molecule has 5 nitrogen and oxygen atoms in total. The highest BCUT2D eigenvalue weighted by molar-refractivity contribution is 6.31. The fourth-order valence-electron chi connectivity index (χ4n) is 2.86. The number of benzene rings is 2. The molecule has 3 aromatic rings. The van der Waals surface area contributed by atoms with E-state index in [-0.39, 0.29) is 23.2 Å². The maximum absolute atomic E-state index is 13.4. The van der Waals surface area contributed by atoms with E-state index in [1.165, 1.54) is 12.1 Å². The van der Waals surface area contributed by atoms with Crippen molar-refractivity contribution in [1.82, 2.24) is 15.1 Å². The summed E-state index contributed by atoms with van der Waals surface area (Å²) in [6.45, 7) is 4.18. The number of aromatic nitrogens is 2. The molecule has 0 aliphatic carbocycles. The summed E-state index contributed by atoms with van der Waals surface area (Å²) in [6, 6.07) is 13.7. The van der Waals surface area contributed by atoms with Crippen LogP contribution in [0.3, 0.4) is 0 Å². The fourth-order valence-corrected chi connectivity index (χ4v) is 3.04. The van der Waals surface area contributed by atoms with Gasteiger partial charge in [0.25, 0.3) is 5.91 Å². The second-order valence-electron chi connectivity index (χ2n) is 6.82. The van der Waals surface area contributed by atoms with Crippen LogP contribution in [0.4, 0.5) is 4.39 Å². The van der Waals surface area contributed by atoms with E-state index in [9.17, 15) is 14.3 Å². The van der Waals surface area contributed by atoms with E-state index in [4.69, 9.17) is 11.6 Å². The van der Waals surface area contributed by atoms with E-state index in [1.807, 2.05) is 31.2 Å². The Morgan fingerprint density at radius 3 is 2.61 bits per heavy atom. The summed E-state index contributed by atoms with van der Waals surface area (Å²) in [5.74, 6) is -0.799. The molecule has 0 bridgehead atoms. The number of rotatable bonds is 6. The van der Waals surface area contributed by atoms with Gasteiger partial charge in [0.05, 0.1) is 16.8 Å². The molecule has 0 aliphatic heterocycles. The first-order valence-corrected chi connectivity index (χ1v) is 9.25. The summed E-state index contributed by atoms with van der Waals surface area (Å²) >= 11 is 5.83. The molecule has 1 aromatic heterocycles. The molecule has 7 heteroatoms. The number of amides is 1. The van der Waals surface area contributed by atoms with Crippen LogP contribution in [0.15, 0.2) is 48.5 Å². The Morgan fingerprint density at radius 1 is 1.25 bits per heavy atom. The van der Waals surface area contributed by atoms with Crippen LogP contribution in [0.1, 0.15) is 28.5 Å². The zero-order chi connectivity index (χ0) is 20.3. The SMILES string of the molecule is Cc1ccc(CN(CC(C)O)C(=O)c2cc(-c3ccc(F)c(Cl)c3)n[nH]2)cc1. The number of halogens is 2. The third-order valence-corrected chi connectivity index (χ3v) is 4.58. The topological polar surface area (TPSA) is 69.2 Å². The van der Waals surface area contributed by atoms with Gasteiger partial charge in [-0.15, -0.1) is 0 Å². The minimum absolute atomic E-state index is 0.0107. The van der Waals surface area contributed by atoms with Crippen LogP contribution in [-0.4, -0.2) is 38.8 Å². The number of carbonyl (C=O) groups excluding carboxylic acids is 1. The van der Waals surface area contributed by atoms with Gasteiger partial charge in [-0.3, -0.25) is 9.89 Å². The van der Waals surface area contributed by atoms with Gasteiger partial charge in [-0.2, -0.15) is 5.10 Å². The van der Waals surface area contributed by atoms with Crippen LogP contribution in [0, 0.1) is 12.7 Å². The number of carbonyl (C=O) groups is 1. The Kier molecular flexibility index (Phi) is 6.11. The van der Waals surface area contributed by atoms with Crippen molar-refractivity contribution < 1.29 is 14.3 Å². The third kappa shape index (κ3) is 4.77. The van der Waals surface area contributed by atoms with Gasteiger partial charge in [-0.1, -0.05) is 41.4 Å². The maximum Gasteiger partial charge on any atom is 0.272 e. The minimum Gasteiger partial charge on any atom is -0.392 e. The fraction of sp³-hybridized carbons (Fsp3) is 0.238. The van der Waals surface area contributed by atoms with Crippen LogP contribution < -0.4 is 0 Å². The van der Waals surface area contributed by atoms with Crippen molar-refractivity contribution in [3.63, 3.8) is 0 Å². The van der Waals surface area contributed by atoms with E-state index in [2.05, 4.69) is 10.2 Å². The third-order valence-electron chi connectivity index (χ3n) is 4.29. The quantitative estimate of drug-likeness (QED) is 0.650. The second-order valence-corrected chi connectivity index (χ2v) is 7.22. The number of hydrogen-bond donors (Lipinski definition) is 2. The Morgan fingerprint density at radius 2 is 1.96 bits per heavy atom. The number of hydrogen-bond acceptors (Lipinski definition) is 3. The molecule has 146 valence electrons. The average molecular weight is 402 g/mol. The molecule has 1 heterocycles. The van der Waals surface area contributed by atoms with Gasteiger partial charge in [-0.25, -0.2) is 4.39 Å². The van der Waals surface area contributed by atoms with Crippen molar-refractivity contribution in [2.45, 2.75) is 26.5 Å². The lowest BCUT2D eigenvalue weighted by molar-refractivity contribution is 0.0625. The number of H-pyrrole nitrogens is 1. The largest absolute Gasteiger partial charge is 0.392 e. The number of nitrogens with zero attached hydrogens (tertiary/aromatic N) is 2. The van der Waals surface area contributed by atoms with Gasteiger partial charge in [-0.05, 0) is 43.7 Å². The minimum atomic E-state index is -0.673. The van der Waals surface area contributed by atoms with Gasteiger partial charge < -0.3 is 10.0 Å². The van der Waals surface area contributed by atoms with Crippen molar-refractivity contribution in [2.75, 3.05) is 6.54 Å². The molecular weight excluding hydrogens is 381 g/mol. The highest BCUT2D eigenvalue weighted by Crippen LogP contribution is 2.24. The first-order valence-electron chi connectivity index (χ1n) is 8.87. The highest BCUT2D eigenvalue weighted by atomic mass is 35.5. The normalized spacial score (nSPS) is 12.0. The molecule has 3 rings (SSSR count). The molecule has 2 N–H and O–H groups in total. The zero-order valence-corrected chi connectivity index (χ0v) is 16.4. The highest BCUT2D eigenvalue weighted by Gasteiger charge is 2.20. The smallest absolute Gasteiger partial charge is 0.272 e. The summed E-state index contributed by atoms with van der Waals surface area (Å²) < 4.78 is 13.4. The lowest BCUT2D eigenvalue weighted by atomic mass is 10.1. The van der Waals surface area contributed by atoms with Crippen LogP contribution in [0.2, 0.25) is 5.02 Å². The molecule has 2 aromatic carbocycles. The lowest BCUT2D eigenvalue weighted by Crippen LogP contribution is -2.36. The summed E-state index contributed by atoms with van der Waals surface area (Å²) in [6.07, 6.45) is -0.673. The number of aromatic amines is 1. The van der Waals surface area contributed by atoms with Crippen molar-refractivity contribution in [3.05, 3.63) is 76.2 Å². The number of aryl methyl sites for hydroxylation is 1. The molecule has 0 fully saturated rings. The monoisotopic (exact) mass is 401 g/mol. The van der Waals surface area contributed by atoms with Crippen molar-refractivity contribution in [1.29, 1.82) is 0 Å². The van der Waals surface area contributed by atoms with Gasteiger partial charge in [0.1, 0.15) is 11.5 Å². The van der Waals surface area contributed by atoms with E-state index in [0.29, 0.717) is 17.8 Å². The van der Waals surface area contributed by atoms with E-state index < -0.39 is 11.9 Å². The predicted molar refractivity (Wildman–Crippen MR) is 107 cm³/mol.